The van der Waals surface area contributed by atoms with Gasteiger partial charge in [0.1, 0.15) is 11.6 Å². The third-order valence-corrected chi connectivity index (χ3v) is 3.77. The van der Waals surface area contributed by atoms with E-state index in [9.17, 15) is 8.78 Å². The summed E-state index contributed by atoms with van der Waals surface area (Å²) < 4.78 is 28.6. The van der Waals surface area contributed by atoms with E-state index in [-0.39, 0.29) is 6.04 Å². The molecule has 2 heterocycles. The van der Waals surface area contributed by atoms with Crippen molar-refractivity contribution >= 4 is 0 Å². The second kappa shape index (κ2) is 5.71. The molecule has 1 aromatic heterocycles. The quantitative estimate of drug-likeness (QED) is 0.934. The van der Waals surface area contributed by atoms with Crippen LogP contribution in [0.4, 0.5) is 8.78 Å². The van der Waals surface area contributed by atoms with E-state index in [0.717, 1.165) is 24.7 Å². The van der Waals surface area contributed by atoms with E-state index in [1.807, 2.05) is 10.8 Å². The van der Waals surface area contributed by atoms with Gasteiger partial charge in [-0.15, -0.1) is 0 Å². The van der Waals surface area contributed by atoms with E-state index in [0.29, 0.717) is 12.1 Å². The summed E-state index contributed by atoms with van der Waals surface area (Å²) in [5.74, 6) is -1.06. The standard InChI is InChI=1S/C15H17F2N3/c16-12-5-4-11(13(17)7-12)9-20-10-18-8-15(20)14-3-1-2-6-19-14/h4-5,7-8,10,14,19H,1-3,6,9H2. The van der Waals surface area contributed by atoms with Crippen LogP contribution in [-0.2, 0) is 6.54 Å². The van der Waals surface area contributed by atoms with Crippen molar-refractivity contribution in [2.75, 3.05) is 6.54 Å². The summed E-state index contributed by atoms with van der Waals surface area (Å²) in [5, 5.41) is 3.46. The van der Waals surface area contributed by atoms with Crippen molar-refractivity contribution in [3.63, 3.8) is 0 Å². The zero-order valence-corrected chi connectivity index (χ0v) is 11.1. The number of nitrogens with zero attached hydrogens (tertiary/aromatic N) is 2. The second-order valence-electron chi connectivity index (χ2n) is 5.18. The van der Waals surface area contributed by atoms with Crippen LogP contribution in [0.1, 0.15) is 36.6 Å². The number of imidazole rings is 1. The SMILES string of the molecule is Fc1ccc(Cn2cncc2C2CCCCN2)c(F)c1. The summed E-state index contributed by atoms with van der Waals surface area (Å²) in [4.78, 5) is 4.17. The van der Waals surface area contributed by atoms with Crippen LogP contribution in [0.5, 0.6) is 0 Å². The van der Waals surface area contributed by atoms with Crippen molar-refractivity contribution in [1.82, 2.24) is 14.9 Å². The Labute approximate surface area is 116 Å². The highest BCUT2D eigenvalue weighted by Crippen LogP contribution is 2.23. The van der Waals surface area contributed by atoms with Crippen molar-refractivity contribution in [3.05, 3.63) is 53.6 Å². The molecule has 1 aromatic carbocycles. The minimum atomic E-state index is -0.550. The van der Waals surface area contributed by atoms with Crippen LogP contribution in [0.15, 0.2) is 30.7 Å². The molecule has 1 N–H and O–H groups in total. The molecule has 106 valence electrons. The molecule has 1 atom stereocenters. The lowest BCUT2D eigenvalue weighted by molar-refractivity contribution is 0.395. The Balaban J connectivity index is 1.82. The third kappa shape index (κ3) is 2.72. The topological polar surface area (TPSA) is 29.9 Å². The lowest BCUT2D eigenvalue weighted by Crippen LogP contribution is -2.28. The highest BCUT2D eigenvalue weighted by molar-refractivity contribution is 5.20. The fraction of sp³-hybridized carbons (Fsp3) is 0.400. The first-order valence-electron chi connectivity index (χ1n) is 6.91. The zero-order valence-electron chi connectivity index (χ0n) is 11.1. The molecule has 3 rings (SSSR count). The number of halogens is 2. The van der Waals surface area contributed by atoms with Crippen molar-refractivity contribution in [3.8, 4) is 0 Å². The molecule has 1 aliphatic rings. The maximum absolute atomic E-state index is 13.7. The minimum absolute atomic E-state index is 0.273. The summed E-state index contributed by atoms with van der Waals surface area (Å²) in [6.45, 7) is 1.38. The monoisotopic (exact) mass is 277 g/mol. The number of hydrogen-bond donors (Lipinski definition) is 1. The van der Waals surface area contributed by atoms with E-state index in [1.165, 1.54) is 25.0 Å². The van der Waals surface area contributed by atoms with Gasteiger partial charge in [-0.2, -0.15) is 0 Å². The molecular weight excluding hydrogens is 260 g/mol. The highest BCUT2D eigenvalue weighted by Gasteiger charge is 2.18. The lowest BCUT2D eigenvalue weighted by Gasteiger charge is -2.24. The van der Waals surface area contributed by atoms with E-state index in [4.69, 9.17) is 0 Å². The van der Waals surface area contributed by atoms with Crippen LogP contribution in [-0.4, -0.2) is 16.1 Å². The first-order valence-corrected chi connectivity index (χ1v) is 6.91. The van der Waals surface area contributed by atoms with Crippen molar-refractivity contribution in [2.24, 2.45) is 0 Å². The van der Waals surface area contributed by atoms with Gasteiger partial charge in [0.15, 0.2) is 0 Å². The summed E-state index contributed by atoms with van der Waals surface area (Å²) in [6.07, 6.45) is 6.97. The summed E-state index contributed by atoms with van der Waals surface area (Å²) >= 11 is 0. The molecule has 0 aliphatic carbocycles. The molecule has 0 bridgehead atoms. The molecule has 3 nitrogen and oxygen atoms in total. The van der Waals surface area contributed by atoms with E-state index in [1.54, 1.807) is 6.33 Å². The summed E-state index contributed by atoms with van der Waals surface area (Å²) in [5.41, 5.74) is 1.54. The van der Waals surface area contributed by atoms with E-state index >= 15 is 0 Å². The van der Waals surface area contributed by atoms with Gasteiger partial charge in [0.05, 0.1) is 18.6 Å². The minimum Gasteiger partial charge on any atom is -0.329 e. The Hall–Kier alpha value is -1.75. The second-order valence-corrected chi connectivity index (χ2v) is 5.18. The van der Waals surface area contributed by atoms with Gasteiger partial charge in [-0.1, -0.05) is 12.5 Å². The maximum Gasteiger partial charge on any atom is 0.131 e. The van der Waals surface area contributed by atoms with E-state index in [2.05, 4.69) is 10.3 Å². The Morgan fingerprint density at radius 2 is 2.20 bits per heavy atom. The van der Waals surface area contributed by atoms with Crippen molar-refractivity contribution in [2.45, 2.75) is 31.8 Å². The molecule has 1 unspecified atom stereocenters. The number of rotatable bonds is 3. The van der Waals surface area contributed by atoms with Crippen LogP contribution in [0.25, 0.3) is 0 Å². The number of piperidine rings is 1. The first kappa shape index (κ1) is 13.2. The molecule has 1 aliphatic heterocycles. The molecule has 2 aromatic rings. The molecule has 0 saturated carbocycles. The number of nitrogens with one attached hydrogen (secondary N) is 1. The van der Waals surface area contributed by atoms with Crippen molar-refractivity contribution in [1.29, 1.82) is 0 Å². The molecule has 0 spiro atoms. The fourth-order valence-electron chi connectivity index (χ4n) is 2.69. The Morgan fingerprint density at radius 1 is 1.30 bits per heavy atom. The third-order valence-electron chi connectivity index (χ3n) is 3.77. The Kier molecular flexibility index (Phi) is 3.78. The summed E-state index contributed by atoms with van der Waals surface area (Å²) in [6, 6.07) is 3.97. The summed E-state index contributed by atoms with van der Waals surface area (Å²) in [7, 11) is 0. The number of benzene rings is 1. The largest absolute Gasteiger partial charge is 0.329 e. The number of hydrogen-bond acceptors (Lipinski definition) is 2. The Bertz CT molecular complexity index is 589. The van der Waals surface area contributed by atoms with Gasteiger partial charge in [0.25, 0.3) is 0 Å². The molecule has 1 saturated heterocycles. The van der Waals surface area contributed by atoms with Crippen LogP contribution in [0.3, 0.4) is 0 Å². The molecule has 0 amide bonds. The van der Waals surface area contributed by atoms with Gasteiger partial charge in [-0.3, -0.25) is 0 Å². The fourth-order valence-corrected chi connectivity index (χ4v) is 2.69. The zero-order chi connectivity index (χ0) is 13.9. The predicted octanol–water partition coefficient (Wildman–Crippen LogP) is 3.02. The Morgan fingerprint density at radius 3 is 2.95 bits per heavy atom. The maximum atomic E-state index is 13.7. The first-order chi connectivity index (χ1) is 9.74. The van der Waals surface area contributed by atoms with Crippen molar-refractivity contribution < 1.29 is 8.78 Å². The smallest absolute Gasteiger partial charge is 0.131 e. The van der Waals surface area contributed by atoms with Gasteiger partial charge in [0, 0.05) is 23.9 Å². The highest BCUT2D eigenvalue weighted by atomic mass is 19.1. The predicted molar refractivity (Wildman–Crippen MR) is 72.3 cm³/mol. The van der Waals surface area contributed by atoms with Gasteiger partial charge in [-0.25, -0.2) is 13.8 Å². The average Bonchev–Trinajstić information content (AvgIpc) is 2.91. The van der Waals surface area contributed by atoms with Gasteiger partial charge in [0.2, 0.25) is 0 Å². The molecule has 20 heavy (non-hydrogen) atoms. The van der Waals surface area contributed by atoms with Gasteiger partial charge < -0.3 is 9.88 Å². The molecule has 1 fully saturated rings. The van der Waals surface area contributed by atoms with Crippen LogP contribution in [0, 0.1) is 11.6 Å². The molecule has 0 radical (unpaired) electrons. The normalized spacial score (nSPS) is 19.2. The molecule has 5 heteroatoms. The number of aromatic nitrogens is 2. The van der Waals surface area contributed by atoms with Crippen LogP contribution < -0.4 is 5.32 Å². The average molecular weight is 277 g/mol. The van der Waals surface area contributed by atoms with E-state index < -0.39 is 11.6 Å². The van der Waals surface area contributed by atoms with Gasteiger partial charge >= 0.3 is 0 Å². The lowest BCUT2D eigenvalue weighted by atomic mass is 10.0. The molecular formula is C15H17F2N3. The van der Waals surface area contributed by atoms with Crippen LogP contribution >= 0.6 is 0 Å². The van der Waals surface area contributed by atoms with Crippen LogP contribution in [0.2, 0.25) is 0 Å². The van der Waals surface area contributed by atoms with Gasteiger partial charge in [-0.05, 0) is 25.5 Å².